The fraction of sp³-hybridized carbons (Fsp3) is 0.941. The number of ether oxygens (including phenoxy) is 2. The number of rotatable bonds is 7. The van der Waals surface area contributed by atoms with Gasteiger partial charge in [-0.05, 0) is 47.0 Å². The van der Waals surface area contributed by atoms with Gasteiger partial charge in [0.05, 0.1) is 13.2 Å². The summed E-state index contributed by atoms with van der Waals surface area (Å²) in [6, 6.07) is 1.20. The standard InChI is InChI=1S/C17H33N3O3/c1-13(11-14-12-22-10-8-19-14)18-7-9-20(15-5-6-15)16(21)23-17(2,3)4/h13-15,18-19H,5-12H2,1-4H3. The van der Waals surface area contributed by atoms with Crippen LogP contribution in [0, 0.1) is 0 Å². The summed E-state index contributed by atoms with van der Waals surface area (Å²) in [5, 5.41) is 6.99. The molecule has 0 radical (unpaired) electrons. The topological polar surface area (TPSA) is 62.8 Å². The molecule has 1 amide bonds. The number of hydrogen-bond acceptors (Lipinski definition) is 5. The maximum Gasteiger partial charge on any atom is 0.410 e. The Morgan fingerprint density at radius 3 is 2.74 bits per heavy atom. The van der Waals surface area contributed by atoms with Crippen LogP contribution < -0.4 is 10.6 Å². The molecular weight excluding hydrogens is 294 g/mol. The van der Waals surface area contributed by atoms with E-state index in [2.05, 4.69) is 17.6 Å². The van der Waals surface area contributed by atoms with Gasteiger partial charge in [0.1, 0.15) is 5.60 Å². The van der Waals surface area contributed by atoms with Crippen molar-refractivity contribution in [1.82, 2.24) is 15.5 Å². The zero-order valence-corrected chi connectivity index (χ0v) is 15.1. The molecule has 1 saturated carbocycles. The summed E-state index contributed by atoms with van der Waals surface area (Å²) < 4.78 is 11.0. The van der Waals surface area contributed by atoms with Crippen molar-refractivity contribution in [2.45, 2.75) is 70.7 Å². The maximum atomic E-state index is 12.3. The number of hydrogen-bond donors (Lipinski definition) is 2. The Morgan fingerprint density at radius 1 is 1.43 bits per heavy atom. The minimum Gasteiger partial charge on any atom is -0.444 e. The first kappa shape index (κ1) is 18.5. The highest BCUT2D eigenvalue weighted by atomic mass is 16.6. The predicted molar refractivity (Wildman–Crippen MR) is 90.7 cm³/mol. The SMILES string of the molecule is CC(CC1COCCN1)NCCN(C(=O)OC(C)(C)C)C1CC1. The molecule has 134 valence electrons. The normalized spacial score (nSPS) is 23.4. The average Bonchev–Trinajstić information content (AvgIpc) is 3.27. The second-order valence-electron chi connectivity index (χ2n) is 7.72. The first-order chi connectivity index (χ1) is 10.8. The van der Waals surface area contributed by atoms with E-state index in [1.54, 1.807) is 0 Å². The van der Waals surface area contributed by atoms with Crippen LogP contribution in [0.15, 0.2) is 0 Å². The van der Waals surface area contributed by atoms with Crippen molar-refractivity contribution in [3.05, 3.63) is 0 Å². The molecule has 1 aliphatic heterocycles. The molecule has 0 aromatic heterocycles. The highest BCUT2D eigenvalue weighted by molar-refractivity contribution is 5.69. The smallest absolute Gasteiger partial charge is 0.410 e. The third kappa shape index (κ3) is 7.06. The number of nitrogens with one attached hydrogen (secondary N) is 2. The lowest BCUT2D eigenvalue weighted by atomic mass is 10.1. The molecule has 23 heavy (non-hydrogen) atoms. The lowest BCUT2D eigenvalue weighted by Gasteiger charge is -2.29. The molecule has 1 heterocycles. The molecule has 2 N–H and O–H groups in total. The van der Waals surface area contributed by atoms with Crippen molar-refractivity contribution in [2.24, 2.45) is 0 Å². The van der Waals surface area contributed by atoms with Crippen molar-refractivity contribution in [2.75, 3.05) is 32.8 Å². The third-order valence-corrected chi connectivity index (χ3v) is 4.10. The minimum absolute atomic E-state index is 0.184. The molecule has 2 atom stereocenters. The van der Waals surface area contributed by atoms with E-state index in [0.717, 1.165) is 45.6 Å². The van der Waals surface area contributed by atoms with Crippen molar-refractivity contribution in [3.8, 4) is 0 Å². The van der Waals surface area contributed by atoms with Gasteiger partial charge < -0.3 is 25.0 Å². The van der Waals surface area contributed by atoms with Crippen LogP contribution in [0.2, 0.25) is 0 Å². The van der Waals surface area contributed by atoms with Gasteiger partial charge in [-0.25, -0.2) is 4.79 Å². The number of amides is 1. The quantitative estimate of drug-likeness (QED) is 0.746. The van der Waals surface area contributed by atoms with Crippen LogP contribution in [0.3, 0.4) is 0 Å². The molecule has 2 unspecified atom stereocenters. The van der Waals surface area contributed by atoms with E-state index in [0.29, 0.717) is 24.7 Å². The van der Waals surface area contributed by atoms with Crippen LogP contribution in [0.5, 0.6) is 0 Å². The van der Waals surface area contributed by atoms with E-state index < -0.39 is 5.60 Å². The van der Waals surface area contributed by atoms with Crippen molar-refractivity contribution in [1.29, 1.82) is 0 Å². The van der Waals surface area contributed by atoms with Gasteiger partial charge in [0.25, 0.3) is 0 Å². The summed E-state index contributed by atoms with van der Waals surface area (Å²) >= 11 is 0. The van der Waals surface area contributed by atoms with Gasteiger partial charge in [0.15, 0.2) is 0 Å². The molecule has 6 heteroatoms. The minimum atomic E-state index is -0.433. The van der Waals surface area contributed by atoms with Gasteiger partial charge in [-0.1, -0.05) is 0 Å². The van der Waals surface area contributed by atoms with Crippen molar-refractivity contribution >= 4 is 6.09 Å². The molecule has 0 aromatic rings. The molecule has 2 fully saturated rings. The van der Waals surface area contributed by atoms with Crippen LogP contribution in [0.4, 0.5) is 4.79 Å². The molecule has 0 spiro atoms. The van der Waals surface area contributed by atoms with Crippen LogP contribution >= 0.6 is 0 Å². The van der Waals surface area contributed by atoms with Crippen LogP contribution in [-0.2, 0) is 9.47 Å². The van der Waals surface area contributed by atoms with E-state index in [9.17, 15) is 4.79 Å². The van der Waals surface area contributed by atoms with E-state index in [-0.39, 0.29) is 6.09 Å². The highest BCUT2D eigenvalue weighted by Gasteiger charge is 2.34. The van der Waals surface area contributed by atoms with Gasteiger partial charge in [0.2, 0.25) is 0 Å². The number of morpholine rings is 1. The number of carbonyl (C=O) groups is 1. The number of nitrogens with zero attached hydrogens (tertiary/aromatic N) is 1. The monoisotopic (exact) mass is 327 g/mol. The Kier molecular flexibility index (Phi) is 6.68. The maximum absolute atomic E-state index is 12.3. The zero-order valence-electron chi connectivity index (χ0n) is 15.1. The zero-order chi connectivity index (χ0) is 16.9. The van der Waals surface area contributed by atoms with E-state index in [1.807, 2.05) is 25.7 Å². The van der Waals surface area contributed by atoms with Crippen LogP contribution in [0.25, 0.3) is 0 Å². The molecule has 6 nitrogen and oxygen atoms in total. The average molecular weight is 327 g/mol. The Hall–Kier alpha value is -0.850. The largest absolute Gasteiger partial charge is 0.444 e. The molecule has 1 saturated heterocycles. The summed E-state index contributed by atoms with van der Waals surface area (Å²) in [7, 11) is 0. The Morgan fingerprint density at radius 2 is 2.17 bits per heavy atom. The third-order valence-electron chi connectivity index (χ3n) is 4.10. The molecule has 0 bridgehead atoms. The van der Waals surface area contributed by atoms with Crippen molar-refractivity contribution < 1.29 is 14.3 Å². The second kappa shape index (κ2) is 8.31. The fourth-order valence-corrected chi connectivity index (χ4v) is 2.84. The van der Waals surface area contributed by atoms with Crippen LogP contribution in [-0.4, -0.2) is 67.6 Å². The number of carbonyl (C=O) groups excluding carboxylic acids is 1. The molecule has 1 aliphatic carbocycles. The lowest BCUT2D eigenvalue weighted by Crippen LogP contribution is -2.46. The Bertz CT molecular complexity index is 374. The molecule has 0 aromatic carbocycles. The second-order valence-corrected chi connectivity index (χ2v) is 7.72. The predicted octanol–water partition coefficient (Wildman–Crippen LogP) is 1.74. The summed E-state index contributed by atoms with van der Waals surface area (Å²) in [6.07, 6.45) is 3.04. The summed E-state index contributed by atoms with van der Waals surface area (Å²) in [5.41, 5.74) is -0.433. The fourth-order valence-electron chi connectivity index (χ4n) is 2.84. The first-order valence-electron chi connectivity index (χ1n) is 8.89. The van der Waals surface area contributed by atoms with Gasteiger partial charge in [-0.3, -0.25) is 0 Å². The Labute approximate surface area is 140 Å². The molecule has 2 aliphatic rings. The van der Waals surface area contributed by atoms with E-state index in [1.165, 1.54) is 0 Å². The molecule has 2 rings (SSSR count). The summed E-state index contributed by atoms with van der Waals surface area (Å²) in [4.78, 5) is 14.2. The highest BCUT2D eigenvalue weighted by Crippen LogP contribution is 2.28. The summed E-state index contributed by atoms with van der Waals surface area (Å²) in [5.74, 6) is 0. The summed E-state index contributed by atoms with van der Waals surface area (Å²) in [6.45, 7) is 12.0. The van der Waals surface area contributed by atoms with Crippen LogP contribution in [0.1, 0.15) is 47.0 Å². The van der Waals surface area contributed by atoms with Gasteiger partial charge in [-0.2, -0.15) is 0 Å². The van der Waals surface area contributed by atoms with Gasteiger partial charge in [-0.15, -0.1) is 0 Å². The Balaban J connectivity index is 1.68. The van der Waals surface area contributed by atoms with Crippen molar-refractivity contribution in [3.63, 3.8) is 0 Å². The lowest BCUT2D eigenvalue weighted by molar-refractivity contribution is 0.0234. The first-order valence-corrected chi connectivity index (χ1v) is 8.89. The van der Waals surface area contributed by atoms with Gasteiger partial charge in [0, 0.05) is 37.8 Å². The molecular formula is C17H33N3O3. The van der Waals surface area contributed by atoms with Gasteiger partial charge >= 0.3 is 6.09 Å². The van der Waals surface area contributed by atoms with E-state index >= 15 is 0 Å². The van der Waals surface area contributed by atoms with E-state index in [4.69, 9.17) is 9.47 Å².